The van der Waals surface area contributed by atoms with E-state index >= 15 is 0 Å². The SMILES string of the molecule is C=CCCC1CCC2CC(c3ccc(-c4cc(F)c(C(F)(F)F)c(F)c4)cc3)CCC2C1. The Hall–Kier alpha value is -2.17. The molecule has 5 heteroatoms. The summed E-state index contributed by atoms with van der Waals surface area (Å²) in [5.41, 5.74) is -0.0135. The number of allylic oxidation sites excluding steroid dienone is 1. The second-order valence-electron chi connectivity index (χ2n) is 9.51. The van der Waals surface area contributed by atoms with Gasteiger partial charge < -0.3 is 0 Å². The zero-order valence-electron chi connectivity index (χ0n) is 18.1. The normalized spacial score (nSPS) is 25.9. The Kier molecular flexibility index (Phi) is 6.73. The van der Waals surface area contributed by atoms with Gasteiger partial charge in [-0.25, -0.2) is 8.78 Å². The molecule has 0 heterocycles. The number of hydrogen-bond acceptors (Lipinski definition) is 0. The van der Waals surface area contributed by atoms with Crippen LogP contribution in [-0.2, 0) is 6.18 Å². The van der Waals surface area contributed by atoms with E-state index in [1.165, 1.54) is 44.1 Å². The summed E-state index contributed by atoms with van der Waals surface area (Å²) in [5, 5.41) is 0. The molecule has 2 aliphatic carbocycles. The minimum Gasteiger partial charge on any atom is -0.206 e. The average Bonchev–Trinajstić information content (AvgIpc) is 2.76. The molecule has 0 radical (unpaired) electrons. The maximum absolute atomic E-state index is 14.0. The van der Waals surface area contributed by atoms with Crippen LogP contribution >= 0.6 is 0 Å². The molecule has 0 N–H and O–H groups in total. The summed E-state index contributed by atoms with van der Waals surface area (Å²) >= 11 is 0. The first-order valence-electron chi connectivity index (χ1n) is 11.5. The number of fused-ring (bicyclic) bond motifs is 1. The van der Waals surface area contributed by atoms with Crippen LogP contribution in [0.25, 0.3) is 11.1 Å². The molecule has 2 aliphatic rings. The standard InChI is InChI=1S/C27H29F5/c1-2-3-4-17-5-6-22-14-21(12-11-20(22)13-17)18-7-9-19(10-8-18)23-15-24(28)26(25(29)16-23)27(30,31)32/h2,7-10,15-17,20-22H,1,3-6,11-14H2. The van der Waals surface area contributed by atoms with Crippen molar-refractivity contribution < 1.29 is 22.0 Å². The molecule has 2 fully saturated rings. The van der Waals surface area contributed by atoms with Gasteiger partial charge in [-0.15, -0.1) is 6.58 Å². The van der Waals surface area contributed by atoms with Crippen LogP contribution < -0.4 is 0 Å². The fourth-order valence-electron chi connectivity index (χ4n) is 5.86. The highest BCUT2D eigenvalue weighted by atomic mass is 19.4. The van der Waals surface area contributed by atoms with E-state index in [1.807, 2.05) is 18.2 Å². The molecule has 0 spiro atoms. The third kappa shape index (κ3) is 4.92. The first kappa shape index (κ1) is 23.0. The van der Waals surface area contributed by atoms with Crippen LogP contribution in [0.3, 0.4) is 0 Å². The van der Waals surface area contributed by atoms with E-state index in [-0.39, 0.29) is 5.56 Å². The fraction of sp³-hybridized carbons (Fsp3) is 0.481. The zero-order valence-corrected chi connectivity index (χ0v) is 18.1. The Balaban J connectivity index is 1.43. The van der Waals surface area contributed by atoms with E-state index in [4.69, 9.17) is 0 Å². The van der Waals surface area contributed by atoms with Crippen molar-refractivity contribution in [3.8, 4) is 11.1 Å². The van der Waals surface area contributed by atoms with Crippen LogP contribution in [0.2, 0.25) is 0 Å². The molecule has 0 aliphatic heterocycles. The van der Waals surface area contributed by atoms with E-state index in [0.717, 1.165) is 42.7 Å². The van der Waals surface area contributed by atoms with Gasteiger partial charge in [0.25, 0.3) is 0 Å². The molecule has 2 aromatic rings. The summed E-state index contributed by atoms with van der Waals surface area (Å²) in [7, 11) is 0. The molecule has 2 saturated carbocycles. The molecule has 172 valence electrons. The van der Waals surface area contributed by atoms with Gasteiger partial charge in [-0.05, 0) is 97.4 Å². The molecule has 0 amide bonds. The molecule has 2 aromatic carbocycles. The third-order valence-corrected chi connectivity index (χ3v) is 7.54. The van der Waals surface area contributed by atoms with Gasteiger partial charge in [-0.2, -0.15) is 13.2 Å². The largest absolute Gasteiger partial charge is 0.422 e. The molecule has 0 nitrogen and oxygen atoms in total. The summed E-state index contributed by atoms with van der Waals surface area (Å²) in [5.74, 6) is -0.304. The molecule has 32 heavy (non-hydrogen) atoms. The Labute approximate surface area is 186 Å². The molecule has 4 rings (SSSR count). The van der Waals surface area contributed by atoms with Crippen molar-refractivity contribution in [1.82, 2.24) is 0 Å². The predicted octanol–water partition coefficient (Wildman–Crippen LogP) is 8.92. The number of benzene rings is 2. The van der Waals surface area contributed by atoms with Gasteiger partial charge in [0.15, 0.2) is 0 Å². The highest BCUT2D eigenvalue weighted by Crippen LogP contribution is 2.48. The molecule has 4 unspecified atom stereocenters. The summed E-state index contributed by atoms with van der Waals surface area (Å²) in [6, 6.07) is 8.96. The highest BCUT2D eigenvalue weighted by Gasteiger charge is 2.38. The van der Waals surface area contributed by atoms with Crippen LogP contribution in [0.5, 0.6) is 0 Å². The van der Waals surface area contributed by atoms with Gasteiger partial charge in [0, 0.05) is 0 Å². The number of alkyl halides is 3. The fourth-order valence-corrected chi connectivity index (χ4v) is 5.86. The van der Waals surface area contributed by atoms with Crippen LogP contribution in [-0.4, -0.2) is 0 Å². The van der Waals surface area contributed by atoms with E-state index in [2.05, 4.69) is 6.58 Å². The number of hydrogen-bond donors (Lipinski definition) is 0. The van der Waals surface area contributed by atoms with Crippen LogP contribution in [0.1, 0.15) is 68.4 Å². The highest BCUT2D eigenvalue weighted by molar-refractivity contribution is 5.64. The van der Waals surface area contributed by atoms with Crippen molar-refractivity contribution in [2.24, 2.45) is 17.8 Å². The third-order valence-electron chi connectivity index (χ3n) is 7.54. The Morgan fingerprint density at radius 2 is 1.47 bits per heavy atom. The van der Waals surface area contributed by atoms with E-state index in [0.29, 0.717) is 11.5 Å². The van der Waals surface area contributed by atoms with Crippen molar-refractivity contribution in [1.29, 1.82) is 0 Å². The maximum Gasteiger partial charge on any atom is 0.422 e. The first-order chi connectivity index (χ1) is 15.3. The molecule has 0 bridgehead atoms. The van der Waals surface area contributed by atoms with Crippen LogP contribution in [0.15, 0.2) is 49.1 Å². The van der Waals surface area contributed by atoms with Crippen molar-refractivity contribution in [3.05, 3.63) is 71.8 Å². The van der Waals surface area contributed by atoms with Crippen molar-refractivity contribution in [2.45, 2.75) is 63.5 Å². The summed E-state index contributed by atoms with van der Waals surface area (Å²) in [6.45, 7) is 3.84. The monoisotopic (exact) mass is 448 g/mol. The summed E-state index contributed by atoms with van der Waals surface area (Å²) in [6.07, 6.45) is 6.76. The Bertz CT molecular complexity index is 921. The summed E-state index contributed by atoms with van der Waals surface area (Å²) < 4.78 is 66.3. The quantitative estimate of drug-likeness (QED) is 0.316. The smallest absolute Gasteiger partial charge is 0.206 e. The van der Waals surface area contributed by atoms with Gasteiger partial charge in [-0.1, -0.05) is 36.8 Å². The molecular weight excluding hydrogens is 419 g/mol. The van der Waals surface area contributed by atoms with Crippen LogP contribution in [0, 0.1) is 29.4 Å². The second-order valence-corrected chi connectivity index (χ2v) is 9.51. The average molecular weight is 449 g/mol. The first-order valence-corrected chi connectivity index (χ1v) is 11.5. The lowest BCUT2D eigenvalue weighted by Gasteiger charge is -2.42. The zero-order chi connectivity index (χ0) is 22.9. The van der Waals surface area contributed by atoms with E-state index < -0.39 is 23.4 Å². The molecule has 0 saturated heterocycles. The second kappa shape index (κ2) is 9.36. The molecule has 4 atom stereocenters. The topological polar surface area (TPSA) is 0 Å². The lowest BCUT2D eigenvalue weighted by molar-refractivity contribution is -0.142. The van der Waals surface area contributed by atoms with Crippen molar-refractivity contribution in [3.63, 3.8) is 0 Å². The minimum absolute atomic E-state index is 0.112. The lowest BCUT2D eigenvalue weighted by atomic mass is 9.63. The van der Waals surface area contributed by atoms with Crippen molar-refractivity contribution >= 4 is 0 Å². The summed E-state index contributed by atoms with van der Waals surface area (Å²) in [4.78, 5) is 0. The lowest BCUT2D eigenvalue weighted by Crippen LogP contribution is -2.30. The van der Waals surface area contributed by atoms with Gasteiger partial charge in [0.1, 0.15) is 17.2 Å². The van der Waals surface area contributed by atoms with Crippen LogP contribution in [0.4, 0.5) is 22.0 Å². The predicted molar refractivity (Wildman–Crippen MR) is 117 cm³/mol. The molecular formula is C27H29F5. The van der Waals surface area contributed by atoms with Gasteiger partial charge in [0.2, 0.25) is 0 Å². The number of halogens is 5. The molecule has 0 aromatic heterocycles. The van der Waals surface area contributed by atoms with E-state index in [1.54, 1.807) is 12.1 Å². The van der Waals surface area contributed by atoms with Gasteiger partial charge >= 0.3 is 6.18 Å². The minimum atomic E-state index is -5.06. The Morgan fingerprint density at radius 1 is 0.844 bits per heavy atom. The van der Waals surface area contributed by atoms with E-state index in [9.17, 15) is 22.0 Å². The number of rotatable bonds is 5. The van der Waals surface area contributed by atoms with Crippen molar-refractivity contribution in [2.75, 3.05) is 0 Å². The maximum atomic E-state index is 14.0. The van der Waals surface area contributed by atoms with Gasteiger partial charge in [0.05, 0.1) is 0 Å². The Morgan fingerprint density at radius 3 is 2.09 bits per heavy atom. The van der Waals surface area contributed by atoms with Gasteiger partial charge in [-0.3, -0.25) is 0 Å².